The van der Waals surface area contributed by atoms with Crippen molar-refractivity contribution in [3.05, 3.63) is 94.0 Å². The van der Waals surface area contributed by atoms with Crippen molar-refractivity contribution in [3.63, 3.8) is 0 Å². The Morgan fingerprint density at radius 3 is 2.61 bits per heavy atom. The zero-order valence-corrected chi connectivity index (χ0v) is 17.1. The van der Waals surface area contributed by atoms with Crippen LogP contribution in [0.3, 0.4) is 0 Å². The second kappa shape index (κ2) is 10.1. The van der Waals surface area contributed by atoms with E-state index in [0.717, 1.165) is 16.8 Å². The normalized spacial score (nSPS) is 10.6. The first-order valence-electron chi connectivity index (χ1n) is 8.42. The zero-order chi connectivity index (χ0) is 19.8. The number of nitrogens with zero attached hydrogens (tertiary/aromatic N) is 1. The highest BCUT2D eigenvalue weighted by molar-refractivity contribution is 7.80. The third-order valence-corrected chi connectivity index (χ3v) is 4.46. The fraction of sp³-hybridized carbons (Fsp3) is 0.0476. The predicted octanol–water partition coefficient (Wildman–Crippen LogP) is 5.89. The van der Waals surface area contributed by atoms with Gasteiger partial charge < -0.3 is 10.1 Å². The summed E-state index contributed by atoms with van der Waals surface area (Å²) in [6, 6.07) is 22.5. The van der Waals surface area contributed by atoms with Crippen molar-refractivity contribution in [2.75, 3.05) is 5.32 Å². The van der Waals surface area contributed by atoms with E-state index in [4.69, 9.17) is 40.2 Å². The molecule has 3 aromatic rings. The minimum atomic E-state index is 0.347. The number of rotatable bonds is 6. The van der Waals surface area contributed by atoms with E-state index in [1.165, 1.54) is 0 Å². The lowest BCUT2D eigenvalue weighted by Crippen LogP contribution is -2.23. The van der Waals surface area contributed by atoms with Crippen LogP contribution in [-0.2, 0) is 6.61 Å². The number of benzene rings is 3. The first-order valence-corrected chi connectivity index (χ1v) is 9.58. The van der Waals surface area contributed by atoms with Gasteiger partial charge in [0.05, 0.1) is 6.21 Å². The molecule has 4 nitrogen and oxygen atoms in total. The van der Waals surface area contributed by atoms with E-state index in [2.05, 4.69) is 15.8 Å². The summed E-state index contributed by atoms with van der Waals surface area (Å²) >= 11 is 17.3. The van der Waals surface area contributed by atoms with Gasteiger partial charge in [-0.25, -0.2) is 0 Å². The quantitative estimate of drug-likeness (QED) is 0.291. The molecule has 0 amide bonds. The molecule has 7 heteroatoms. The lowest BCUT2D eigenvalue weighted by atomic mass is 10.2. The van der Waals surface area contributed by atoms with Crippen molar-refractivity contribution in [2.45, 2.75) is 6.61 Å². The summed E-state index contributed by atoms with van der Waals surface area (Å²) < 4.78 is 5.81. The molecule has 3 aromatic carbocycles. The van der Waals surface area contributed by atoms with Gasteiger partial charge in [0.25, 0.3) is 0 Å². The Hall–Kier alpha value is -2.60. The van der Waals surface area contributed by atoms with E-state index in [1.807, 2.05) is 60.7 Å². The molecule has 0 bridgehead atoms. The van der Waals surface area contributed by atoms with Crippen LogP contribution in [0.4, 0.5) is 5.69 Å². The molecule has 142 valence electrons. The predicted molar refractivity (Wildman–Crippen MR) is 121 cm³/mol. The van der Waals surface area contributed by atoms with Crippen LogP contribution in [0.25, 0.3) is 0 Å². The lowest BCUT2D eigenvalue weighted by Gasteiger charge is -2.09. The highest BCUT2D eigenvalue weighted by Gasteiger charge is 2.03. The van der Waals surface area contributed by atoms with E-state index < -0.39 is 0 Å². The summed E-state index contributed by atoms with van der Waals surface area (Å²) in [4.78, 5) is 0. The van der Waals surface area contributed by atoms with Crippen molar-refractivity contribution in [1.82, 2.24) is 5.43 Å². The minimum absolute atomic E-state index is 0.347. The number of para-hydroxylation sites is 1. The first kappa shape index (κ1) is 20.1. The van der Waals surface area contributed by atoms with Crippen molar-refractivity contribution < 1.29 is 4.74 Å². The van der Waals surface area contributed by atoms with Crippen molar-refractivity contribution in [1.29, 1.82) is 0 Å². The van der Waals surface area contributed by atoms with E-state index in [1.54, 1.807) is 18.3 Å². The van der Waals surface area contributed by atoms with Crippen LogP contribution in [0.15, 0.2) is 77.9 Å². The molecular weight excluding hydrogens is 413 g/mol. The van der Waals surface area contributed by atoms with E-state index in [0.29, 0.717) is 27.5 Å². The Bertz CT molecular complexity index is 980. The molecule has 0 aliphatic carbocycles. The molecule has 0 spiro atoms. The summed E-state index contributed by atoms with van der Waals surface area (Å²) in [5, 5.41) is 8.78. The van der Waals surface area contributed by atoms with E-state index in [9.17, 15) is 0 Å². The lowest BCUT2D eigenvalue weighted by molar-refractivity contribution is 0.306. The smallest absolute Gasteiger partial charge is 0.191 e. The third-order valence-electron chi connectivity index (χ3n) is 3.68. The molecule has 0 radical (unpaired) electrons. The summed E-state index contributed by atoms with van der Waals surface area (Å²) in [5.74, 6) is 0.708. The molecule has 0 fully saturated rings. The maximum atomic E-state index is 6.17. The van der Waals surface area contributed by atoms with Gasteiger partial charge in [-0.15, -0.1) is 0 Å². The maximum Gasteiger partial charge on any atom is 0.191 e. The molecule has 0 saturated carbocycles. The second-order valence-electron chi connectivity index (χ2n) is 5.79. The number of halogens is 2. The number of hydrazone groups is 1. The van der Waals surface area contributed by atoms with Crippen molar-refractivity contribution >= 4 is 52.4 Å². The van der Waals surface area contributed by atoms with Gasteiger partial charge >= 0.3 is 0 Å². The van der Waals surface area contributed by atoms with Crippen LogP contribution in [-0.4, -0.2) is 11.3 Å². The molecule has 0 heterocycles. The Morgan fingerprint density at radius 2 is 1.82 bits per heavy atom. The number of hydrogen-bond acceptors (Lipinski definition) is 3. The van der Waals surface area contributed by atoms with Gasteiger partial charge in [-0.05, 0) is 54.2 Å². The van der Waals surface area contributed by atoms with Crippen molar-refractivity contribution in [2.24, 2.45) is 5.10 Å². The number of ether oxygens (including phenoxy) is 1. The fourth-order valence-electron chi connectivity index (χ4n) is 2.33. The van der Waals surface area contributed by atoms with Gasteiger partial charge in [0.1, 0.15) is 12.4 Å². The SMILES string of the molecule is S=C(NN=Cc1cccc(OCc2ccc(Cl)cc2Cl)c1)Nc1ccccc1. The molecule has 0 unspecified atom stereocenters. The zero-order valence-electron chi connectivity index (χ0n) is 14.7. The highest BCUT2D eigenvalue weighted by atomic mass is 35.5. The van der Waals surface area contributed by atoms with Gasteiger partial charge in [0.2, 0.25) is 0 Å². The topological polar surface area (TPSA) is 45.7 Å². The molecular formula is C21H17Cl2N3OS. The maximum absolute atomic E-state index is 6.17. The highest BCUT2D eigenvalue weighted by Crippen LogP contribution is 2.23. The molecule has 0 atom stereocenters. The number of thiocarbonyl (C=S) groups is 1. The van der Waals surface area contributed by atoms with Gasteiger partial charge in [-0.1, -0.05) is 59.6 Å². The van der Waals surface area contributed by atoms with Crippen LogP contribution >= 0.6 is 35.4 Å². The first-order chi connectivity index (χ1) is 13.6. The second-order valence-corrected chi connectivity index (χ2v) is 7.04. The average molecular weight is 430 g/mol. The molecule has 0 aliphatic heterocycles. The molecule has 0 aliphatic rings. The van der Waals surface area contributed by atoms with E-state index >= 15 is 0 Å². The van der Waals surface area contributed by atoms with E-state index in [-0.39, 0.29) is 0 Å². The monoisotopic (exact) mass is 429 g/mol. The minimum Gasteiger partial charge on any atom is -0.489 e. The summed E-state index contributed by atoms with van der Waals surface area (Å²) in [7, 11) is 0. The van der Waals surface area contributed by atoms with Crippen LogP contribution in [0, 0.1) is 0 Å². The molecule has 0 saturated heterocycles. The largest absolute Gasteiger partial charge is 0.489 e. The van der Waals surface area contributed by atoms with Gasteiger partial charge in [-0.2, -0.15) is 5.10 Å². The summed E-state index contributed by atoms with van der Waals surface area (Å²) in [6.45, 7) is 0.347. The Kier molecular flexibility index (Phi) is 7.25. The Labute approximate surface area is 179 Å². The molecule has 28 heavy (non-hydrogen) atoms. The summed E-state index contributed by atoms with van der Waals surface area (Å²) in [6.07, 6.45) is 1.67. The molecule has 3 rings (SSSR count). The van der Waals surface area contributed by atoms with Crippen LogP contribution in [0.5, 0.6) is 5.75 Å². The third kappa shape index (κ3) is 6.23. The van der Waals surface area contributed by atoms with Crippen LogP contribution in [0.1, 0.15) is 11.1 Å². The number of nitrogens with one attached hydrogen (secondary N) is 2. The van der Waals surface area contributed by atoms with Crippen LogP contribution in [0.2, 0.25) is 10.0 Å². The van der Waals surface area contributed by atoms with Gasteiger partial charge in [-0.3, -0.25) is 5.43 Å². The van der Waals surface area contributed by atoms with Gasteiger partial charge in [0.15, 0.2) is 5.11 Å². The van der Waals surface area contributed by atoms with Gasteiger partial charge in [0, 0.05) is 21.3 Å². The fourth-order valence-corrected chi connectivity index (χ4v) is 2.96. The number of anilines is 1. The number of hydrogen-bond donors (Lipinski definition) is 2. The molecule has 2 N–H and O–H groups in total. The molecule has 0 aromatic heterocycles. The standard InChI is InChI=1S/C21H17Cl2N3OS/c22-17-10-9-16(20(23)12-17)14-27-19-8-4-5-15(11-19)13-24-26-21(28)25-18-6-2-1-3-7-18/h1-13H,14H2,(H2,25,26,28). The Morgan fingerprint density at radius 1 is 1.00 bits per heavy atom. The Balaban J connectivity index is 1.54. The average Bonchev–Trinajstić information content (AvgIpc) is 2.68. The summed E-state index contributed by atoms with van der Waals surface area (Å²) in [5.41, 5.74) is 5.42. The van der Waals surface area contributed by atoms with Crippen LogP contribution < -0.4 is 15.5 Å². The van der Waals surface area contributed by atoms with Crippen molar-refractivity contribution in [3.8, 4) is 5.75 Å².